The van der Waals surface area contributed by atoms with Crippen LogP contribution in [0.1, 0.15) is 23.5 Å². The zero-order chi connectivity index (χ0) is 17.7. The molecular weight excluding hydrogens is 350 g/mol. The van der Waals surface area contributed by atoms with E-state index < -0.39 is 10.0 Å². The highest BCUT2D eigenvalue weighted by atomic mass is 32.2. The van der Waals surface area contributed by atoms with E-state index in [1.165, 1.54) is 3.97 Å². The molecule has 0 spiro atoms. The van der Waals surface area contributed by atoms with Crippen LogP contribution >= 0.6 is 0 Å². The average Bonchev–Trinajstić information content (AvgIpc) is 3.39. The lowest BCUT2D eigenvalue weighted by Crippen LogP contribution is -2.14. The maximum Gasteiger partial charge on any atom is 0.268 e. The van der Waals surface area contributed by atoms with E-state index in [1.807, 2.05) is 12.1 Å². The van der Waals surface area contributed by atoms with Crippen molar-refractivity contribution in [3.8, 4) is 5.75 Å². The summed E-state index contributed by atoms with van der Waals surface area (Å²) in [5.41, 5.74) is 3.17. The Labute approximate surface area is 151 Å². The minimum absolute atomic E-state index is 0.286. The topological polar surface area (TPSA) is 73.2 Å². The number of rotatable bonds is 3. The van der Waals surface area contributed by atoms with Crippen LogP contribution in [-0.2, 0) is 16.4 Å². The van der Waals surface area contributed by atoms with Crippen LogP contribution in [0.25, 0.3) is 11.0 Å². The molecule has 6 nitrogen and oxygen atoms in total. The molecule has 1 atom stereocenters. The maximum atomic E-state index is 13.5. The summed E-state index contributed by atoms with van der Waals surface area (Å²) in [4.78, 5) is 4.81. The number of hydrogen-bond donors (Lipinski definition) is 1. The molecule has 0 radical (unpaired) electrons. The predicted octanol–water partition coefficient (Wildman–Crippen LogP) is 2.29. The Hall–Kier alpha value is -2.38. The van der Waals surface area contributed by atoms with Crippen molar-refractivity contribution in [3.63, 3.8) is 0 Å². The Kier molecular flexibility index (Phi) is 3.55. The third kappa shape index (κ3) is 2.27. The summed E-state index contributed by atoms with van der Waals surface area (Å²) in [6.45, 7) is 2.32. The molecule has 1 fully saturated rings. The van der Waals surface area contributed by atoms with Crippen molar-refractivity contribution >= 4 is 21.1 Å². The zero-order valence-electron chi connectivity index (χ0n) is 14.2. The van der Waals surface area contributed by atoms with Gasteiger partial charge in [0.2, 0.25) is 0 Å². The molecule has 1 N–H and O–H groups in total. The Balaban J connectivity index is 1.73. The van der Waals surface area contributed by atoms with Crippen molar-refractivity contribution in [1.29, 1.82) is 0 Å². The molecule has 2 aliphatic rings. The Bertz CT molecular complexity index is 1100. The molecule has 1 aromatic carbocycles. The van der Waals surface area contributed by atoms with Gasteiger partial charge in [0.1, 0.15) is 5.75 Å². The molecule has 4 heterocycles. The molecule has 0 bridgehead atoms. The van der Waals surface area contributed by atoms with Gasteiger partial charge in [-0.1, -0.05) is 6.07 Å². The summed E-state index contributed by atoms with van der Waals surface area (Å²) < 4.78 is 33.9. The number of ether oxygens (including phenoxy) is 1. The summed E-state index contributed by atoms with van der Waals surface area (Å²) in [7, 11) is -3.72. The van der Waals surface area contributed by atoms with E-state index >= 15 is 0 Å². The fourth-order valence-corrected chi connectivity index (χ4v) is 5.64. The zero-order valence-corrected chi connectivity index (χ0v) is 15.0. The maximum absolute atomic E-state index is 13.5. The average molecular weight is 369 g/mol. The van der Waals surface area contributed by atoms with Crippen molar-refractivity contribution in [3.05, 3.63) is 53.9 Å². The number of benzene rings is 1. The Morgan fingerprint density at radius 2 is 2.15 bits per heavy atom. The molecule has 26 heavy (non-hydrogen) atoms. The van der Waals surface area contributed by atoms with Gasteiger partial charge >= 0.3 is 0 Å². The minimum Gasteiger partial charge on any atom is -0.493 e. The van der Waals surface area contributed by atoms with Gasteiger partial charge < -0.3 is 10.1 Å². The smallest absolute Gasteiger partial charge is 0.268 e. The third-order valence-corrected chi connectivity index (χ3v) is 7.05. The summed E-state index contributed by atoms with van der Waals surface area (Å²) >= 11 is 0. The molecule has 1 saturated heterocycles. The Morgan fingerprint density at radius 3 is 3.00 bits per heavy atom. The monoisotopic (exact) mass is 369 g/mol. The van der Waals surface area contributed by atoms with E-state index in [0.717, 1.165) is 36.2 Å². The first-order chi connectivity index (χ1) is 12.7. The molecule has 7 heteroatoms. The second-order valence-electron chi connectivity index (χ2n) is 6.78. The molecule has 2 aliphatic heterocycles. The highest BCUT2D eigenvalue weighted by Gasteiger charge is 2.30. The van der Waals surface area contributed by atoms with Gasteiger partial charge in [-0.25, -0.2) is 12.4 Å². The van der Waals surface area contributed by atoms with Gasteiger partial charge in [0, 0.05) is 42.4 Å². The van der Waals surface area contributed by atoms with Crippen molar-refractivity contribution in [2.75, 3.05) is 19.7 Å². The molecule has 0 aliphatic carbocycles. The fourth-order valence-electron chi connectivity index (χ4n) is 4.01. The summed E-state index contributed by atoms with van der Waals surface area (Å²) in [6.07, 6.45) is 5.09. The fraction of sp³-hybridized carbons (Fsp3) is 0.316. The van der Waals surface area contributed by atoms with Crippen molar-refractivity contribution < 1.29 is 13.2 Å². The van der Waals surface area contributed by atoms with Crippen LogP contribution in [0.2, 0.25) is 0 Å². The number of hydrogen-bond acceptors (Lipinski definition) is 5. The molecule has 0 saturated carbocycles. The van der Waals surface area contributed by atoms with Crippen LogP contribution in [0.15, 0.2) is 47.6 Å². The number of pyridine rings is 1. The Morgan fingerprint density at radius 1 is 1.23 bits per heavy atom. The lowest BCUT2D eigenvalue weighted by Gasteiger charge is -2.10. The molecule has 5 rings (SSSR count). The van der Waals surface area contributed by atoms with Crippen LogP contribution in [0.5, 0.6) is 5.75 Å². The third-order valence-electron chi connectivity index (χ3n) is 5.29. The lowest BCUT2D eigenvalue weighted by molar-refractivity contribution is 0.357. The largest absolute Gasteiger partial charge is 0.493 e. The number of fused-ring (bicyclic) bond motifs is 2. The van der Waals surface area contributed by atoms with Crippen LogP contribution in [0.4, 0.5) is 0 Å². The second kappa shape index (κ2) is 5.82. The normalized spacial score (nSPS) is 19.6. The van der Waals surface area contributed by atoms with E-state index in [-0.39, 0.29) is 5.92 Å². The van der Waals surface area contributed by atoms with Crippen molar-refractivity contribution in [2.45, 2.75) is 23.7 Å². The van der Waals surface area contributed by atoms with Crippen LogP contribution in [0.3, 0.4) is 0 Å². The summed E-state index contributed by atoms with van der Waals surface area (Å²) in [6, 6.07) is 8.84. The first-order valence-corrected chi connectivity index (χ1v) is 10.3. The lowest BCUT2D eigenvalue weighted by atomic mass is 10.0. The van der Waals surface area contributed by atoms with Gasteiger partial charge in [-0.3, -0.25) is 4.98 Å². The number of aromatic nitrogens is 2. The minimum atomic E-state index is -3.72. The molecule has 2 aromatic heterocycles. The van der Waals surface area contributed by atoms with E-state index in [9.17, 15) is 8.42 Å². The van der Waals surface area contributed by atoms with Crippen LogP contribution < -0.4 is 10.1 Å². The van der Waals surface area contributed by atoms with Gasteiger partial charge in [0.15, 0.2) is 0 Å². The van der Waals surface area contributed by atoms with E-state index in [2.05, 4.69) is 10.3 Å². The predicted molar refractivity (Wildman–Crippen MR) is 98.2 cm³/mol. The van der Waals surface area contributed by atoms with E-state index in [1.54, 1.807) is 30.6 Å². The SMILES string of the molecule is O=S(=O)(c1cccc2c1CCO2)n1cc(C2CCNC2)c2ncccc21. The number of nitrogens with zero attached hydrogens (tertiary/aromatic N) is 2. The van der Waals surface area contributed by atoms with E-state index in [0.29, 0.717) is 29.2 Å². The molecule has 3 aromatic rings. The van der Waals surface area contributed by atoms with Gasteiger partial charge in [-0.15, -0.1) is 0 Å². The molecular formula is C19H19N3O3S. The summed E-state index contributed by atoms with van der Waals surface area (Å²) in [5.74, 6) is 0.953. The highest BCUT2D eigenvalue weighted by molar-refractivity contribution is 7.90. The standard InChI is InChI=1S/C19H19N3O3S/c23-26(24,18-5-1-4-17-14(18)7-10-25-17)22-12-15(13-6-9-20-11-13)19-16(22)3-2-8-21-19/h1-5,8,12-13,20H,6-7,9-11H2. The van der Waals surface area contributed by atoms with Crippen molar-refractivity contribution in [2.24, 2.45) is 0 Å². The molecule has 0 amide bonds. The van der Waals surface area contributed by atoms with Crippen molar-refractivity contribution in [1.82, 2.24) is 14.3 Å². The second-order valence-corrected chi connectivity index (χ2v) is 8.56. The van der Waals surface area contributed by atoms with Gasteiger partial charge in [-0.2, -0.15) is 0 Å². The van der Waals surface area contributed by atoms with E-state index in [4.69, 9.17) is 4.74 Å². The highest BCUT2D eigenvalue weighted by Crippen LogP contribution is 2.35. The molecule has 1 unspecified atom stereocenters. The van der Waals surface area contributed by atoms with Crippen LogP contribution in [-0.4, -0.2) is 37.1 Å². The van der Waals surface area contributed by atoms with Gasteiger partial charge in [0.25, 0.3) is 10.0 Å². The van der Waals surface area contributed by atoms with Crippen LogP contribution in [0, 0.1) is 0 Å². The quantitative estimate of drug-likeness (QED) is 0.767. The molecule has 134 valence electrons. The summed E-state index contributed by atoms with van der Waals surface area (Å²) in [5, 5.41) is 3.35. The number of nitrogens with one attached hydrogen (secondary N) is 1. The van der Waals surface area contributed by atoms with Gasteiger partial charge in [-0.05, 0) is 37.2 Å². The first kappa shape index (κ1) is 15.8. The van der Waals surface area contributed by atoms with Gasteiger partial charge in [0.05, 0.1) is 22.5 Å². The first-order valence-electron chi connectivity index (χ1n) is 8.83.